The highest BCUT2D eigenvalue weighted by molar-refractivity contribution is 5.53. The number of aromatic nitrogens is 2. The van der Waals surface area contributed by atoms with E-state index in [9.17, 15) is 5.26 Å². The van der Waals surface area contributed by atoms with E-state index < -0.39 is 0 Å². The van der Waals surface area contributed by atoms with Gasteiger partial charge in [0.25, 0.3) is 0 Å². The van der Waals surface area contributed by atoms with E-state index >= 15 is 0 Å². The van der Waals surface area contributed by atoms with Crippen molar-refractivity contribution < 1.29 is 4.74 Å². The van der Waals surface area contributed by atoms with Crippen LogP contribution in [0.5, 0.6) is 5.75 Å². The minimum absolute atomic E-state index is 0.287. The van der Waals surface area contributed by atoms with E-state index in [-0.39, 0.29) is 5.41 Å². The summed E-state index contributed by atoms with van der Waals surface area (Å²) in [6.07, 6.45) is 7.86. The fraction of sp³-hybridized carbons (Fsp3) is 0.560. The van der Waals surface area contributed by atoms with Crippen LogP contribution in [0.2, 0.25) is 0 Å². The minimum Gasteiger partial charge on any atom is -0.497 e. The molecule has 4 saturated carbocycles. The molecular formula is C25H32N6O. The van der Waals surface area contributed by atoms with Crippen LogP contribution in [0, 0.1) is 41.4 Å². The van der Waals surface area contributed by atoms with Gasteiger partial charge in [0.15, 0.2) is 0 Å². The summed E-state index contributed by atoms with van der Waals surface area (Å²) in [6.45, 7) is 3.50. The molecule has 1 heterocycles. The van der Waals surface area contributed by atoms with E-state index in [1.54, 1.807) is 13.3 Å². The highest BCUT2D eigenvalue weighted by Gasteiger charge is 2.54. The van der Waals surface area contributed by atoms with Gasteiger partial charge >= 0.3 is 0 Å². The molecule has 1 aromatic heterocycles. The van der Waals surface area contributed by atoms with Gasteiger partial charge in [-0.25, -0.2) is 4.98 Å². The number of aryl methyl sites for hydroxylation is 1. The third-order valence-electron chi connectivity index (χ3n) is 8.01. The van der Waals surface area contributed by atoms with Crippen LogP contribution in [0.1, 0.15) is 48.8 Å². The van der Waals surface area contributed by atoms with Crippen molar-refractivity contribution in [2.45, 2.75) is 51.6 Å². The minimum atomic E-state index is 0.287. The van der Waals surface area contributed by atoms with Crippen LogP contribution in [-0.4, -0.2) is 29.7 Å². The van der Waals surface area contributed by atoms with Gasteiger partial charge in [-0.1, -0.05) is 6.07 Å². The summed E-state index contributed by atoms with van der Waals surface area (Å²) in [6, 6.07) is 8.63. The van der Waals surface area contributed by atoms with Gasteiger partial charge in [-0.3, -0.25) is 0 Å². The topological polar surface area (TPSA) is 109 Å². The number of nitrogens with two attached hydrogens (primary N) is 1. The summed E-state index contributed by atoms with van der Waals surface area (Å²) in [5.74, 6) is 4.09. The first kappa shape index (κ1) is 21.0. The first-order chi connectivity index (χ1) is 15.5. The summed E-state index contributed by atoms with van der Waals surface area (Å²) in [7, 11) is 1.67. The smallest absolute Gasteiger partial charge is 0.224 e. The molecule has 0 saturated heterocycles. The lowest BCUT2D eigenvalue weighted by molar-refractivity contribution is -0.0591. The summed E-state index contributed by atoms with van der Waals surface area (Å²) >= 11 is 0. The molecule has 0 aliphatic heterocycles. The molecule has 1 aromatic carbocycles. The lowest BCUT2D eigenvalue weighted by atomic mass is 9.48. The van der Waals surface area contributed by atoms with E-state index in [2.05, 4.69) is 33.6 Å². The zero-order valence-corrected chi connectivity index (χ0v) is 18.9. The average molecular weight is 433 g/mol. The van der Waals surface area contributed by atoms with E-state index in [4.69, 9.17) is 10.5 Å². The SMILES string of the molecule is COc1ccc(C)c(CNc2ncc(C#N)c(NCC34CC5C[C@H](C3)C(N)[C@@H](C5)C4)n2)c1. The summed E-state index contributed by atoms with van der Waals surface area (Å²) in [5, 5.41) is 16.4. The number of nitriles is 1. The van der Waals surface area contributed by atoms with Crippen molar-refractivity contribution in [3.63, 3.8) is 0 Å². The Kier molecular flexibility index (Phi) is 5.42. The molecule has 0 spiro atoms. The standard InChI is InChI=1S/C25H32N6O/c1-15-3-4-21(32-2)7-19(15)12-28-24-29-13-20(11-26)23(31-24)30-14-25-8-16-5-17(9-25)22(27)18(6-16)10-25/h3-4,7,13,16-18,22H,5-6,8-10,12,14,27H2,1-2H3,(H2,28,29,30,31)/t16?,17-,18+,22?,25?. The Morgan fingerprint density at radius 1 is 1.22 bits per heavy atom. The average Bonchev–Trinajstić information content (AvgIpc) is 2.80. The molecule has 3 unspecified atom stereocenters. The van der Waals surface area contributed by atoms with Crippen molar-refractivity contribution in [1.82, 2.24) is 9.97 Å². The number of anilines is 2. The molecule has 6 rings (SSSR count). The Hall–Kier alpha value is -2.85. The van der Waals surface area contributed by atoms with Crippen LogP contribution in [0.15, 0.2) is 24.4 Å². The number of ether oxygens (including phenoxy) is 1. The molecule has 4 aliphatic carbocycles. The first-order valence-electron chi connectivity index (χ1n) is 11.6. The van der Waals surface area contributed by atoms with Crippen molar-refractivity contribution in [3.8, 4) is 11.8 Å². The Morgan fingerprint density at radius 2 is 2.00 bits per heavy atom. The van der Waals surface area contributed by atoms with E-state index in [0.717, 1.165) is 23.8 Å². The van der Waals surface area contributed by atoms with Gasteiger partial charge in [0.05, 0.1) is 13.3 Å². The van der Waals surface area contributed by atoms with E-state index in [0.29, 0.717) is 41.8 Å². The number of benzene rings is 1. The first-order valence-corrected chi connectivity index (χ1v) is 11.6. The molecule has 0 radical (unpaired) electrons. The van der Waals surface area contributed by atoms with Gasteiger partial charge in [0, 0.05) is 19.1 Å². The number of methoxy groups -OCH3 is 1. The van der Waals surface area contributed by atoms with E-state index in [1.807, 2.05) is 18.2 Å². The molecule has 4 aliphatic rings. The van der Waals surface area contributed by atoms with Crippen LogP contribution in [0.4, 0.5) is 11.8 Å². The zero-order valence-electron chi connectivity index (χ0n) is 18.9. The maximum Gasteiger partial charge on any atom is 0.224 e. The van der Waals surface area contributed by atoms with Crippen LogP contribution in [0.3, 0.4) is 0 Å². The molecule has 168 valence electrons. The third kappa shape index (κ3) is 3.88. The maximum atomic E-state index is 9.59. The van der Waals surface area contributed by atoms with Crippen LogP contribution < -0.4 is 21.1 Å². The molecule has 7 heteroatoms. The Morgan fingerprint density at radius 3 is 2.72 bits per heavy atom. The van der Waals surface area contributed by atoms with Crippen molar-refractivity contribution in [1.29, 1.82) is 5.26 Å². The molecule has 7 nitrogen and oxygen atoms in total. The molecule has 4 fully saturated rings. The van der Waals surface area contributed by atoms with Gasteiger partial charge in [-0.15, -0.1) is 0 Å². The van der Waals surface area contributed by atoms with Gasteiger partial charge in [-0.05, 0) is 85.5 Å². The Labute approximate surface area is 189 Å². The summed E-state index contributed by atoms with van der Waals surface area (Å²) in [5.41, 5.74) is 9.57. The number of nitrogens with one attached hydrogen (secondary N) is 2. The number of hydrogen-bond donors (Lipinski definition) is 3. The molecule has 2 aromatic rings. The highest BCUT2D eigenvalue weighted by Crippen LogP contribution is 2.59. The maximum absolute atomic E-state index is 9.59. The second-order valence-corrected chi connectivity index (χ2v) is 10.1. The number of rotatable bonds is 7. The molecule has 32 heavy (non-hydrogen) atoms. The van der Waals surface area contributed by atoms with Crippen molar-refractivity contribution in [2.75, 3.05) is 24.3 Å². The van der Waals surface area contributed by atoms with E-state index in [1.165, 1.54) is 37.7 Å². The number of nitrogens with zero attached hydrogens (tertiary/aromatic N) is 3. The number of hydrogen-bond acceptors (Lipinski definition) is 7. The van der Waals surface area contributed by atoms with Gasteiger partial charge in [-0.2, -0.15) is 10.2 Å². The Bertz CT molecular complexity index is 1030. The van der Waals surface area contributed by atoms with Gasteiger partial charge in [0.2, 0.25) is 5.95 Å². The third-order valence-corrected chi connectivity index (χ3v) is 8.01. The fourth-order valence-electron chi connectivity index (χ4n) is 6.54. The highest BCUT2D eigenvalue weighted by atomic mass is 16.5. The lowest BCUT2D eigenvalue weighted by Crippen LogP contribution is -2.58. The van der Waals surface area contributed by atoms with Crippen LogP contribution in [0.25, 0.3) is 0 Å². The van der Waals surface area contributed by atoms with Gasteiger partial charge < -0.3 is 21.1 Å². The summed E-state index contributed by atoms with van der Waals surface area (Å²) < 4.78 is 5.34. The predicted molar refractivity (Wildman–Crippen MR) is 124 cm³/mol. The lowest BCUT2D eigenvalue weighted by Gasteiger charge is -2.59. The predicted octanol–water partition coefficient (Wildman–Crippen LogP) is 3.84. The van der Waals surface area contributed by atoms with Crippen molar-refractivity contribution >= 4 is 11.8 Å². The molecule has 4 bridgehead atoms. The van der Waals surface area contributed by atoms with Crippen LogP contribution >= 0.6 is 0 Å². The second kappa shape index (κ2) is 8.25. The van der Waals surface area contributed by atoms with Gasteiger partial charge in [0.1, 0.15) is 23.2 Å². The van der Waals surface area contributed by atoms with Crippen molar-refractivity contribution in [2.24, 2.45) is 28.9 Å². The molecule has 5 atom stereocenters. The zero-order chi connectivity index (χ0) is 22.3. The normalized spacial score (nSPS) is 30.1. The fourth-order valence-corrected chi connectivity index (χ4v) is 6.54. The summed E-state index contributed by atoms with van der Waals surface area (Å²) in [4.78, 5) is 9.00. The van der Waals surface area contributed by atoms with Crippen molar-refractivity contribution in [3.05, 3.63) is 41.1 Å². The molecular weight excluding hydrogens is 400 g/mol. The van der Waals surface area contributed by atoms with Crippen LogP contribution in [-0.2, 0) is 6.54 Å². The monoisotopic (exact) mass is 432 g/mol. The molecule has 4 N–H and O–H groups in total. The molecule has 0 amide bonds. The quantitative estimate of drug-likeness (QED) is 0.610. The largest absolute Gasteiger partial charge is 0.497 e. The Balaban J connectivity index is 1.29. The second-order valence-electron chi connectivity index (χ2n) is 10.1.